The van der Waals surface area contributed by atoms with Crippen LogP contribution in [0.15, 0.2) is 0 Å². The highest BCUT2D eigenvalue weighted by Crippen LogP contribution is 2.21. The summed E-state index contributed by atoms with van der Waals surface area (Å²) in [5.41, 5.74) is 0. The SMILES string of the molecule is CN1[C@H](CO)[C@@H](O)C[C@@H](O)[C@@H]1CO. The third kappa shape index (κ3) is 2.00. The largest absolute Gasteiger partial charge is 0.395 e. The second-order valence-corrected chi connectivity index (χ2v) is 3.54. The van der Waals surface area contributed by atoms with Gasteiger partial charge in [-0.25, -0.2) is 0 Å². The lowest BCUT2D eigenvalue weighted by molar-refractivity contribution is -0.101. The Hall–Kier alpha value is -0.200. The average Bonchev–Trinajstić information content (AvgIpc) is 2.04. The van der Waals surface area contributed by atoms with Gasteiger partial charge in [0.15, 0.2) is 0 Å². The first-order valence-electron chi connectivity index (χ1n) is 4.41. The first-order chi connectivity index (χ1) is 6.11. The van der Waals surface area contributed by atoms with Gasteiger partial charge in [-0.3, -0.25) is 4.90 Å². The number of likely N-dealkylation sites (tertiary alicyclic amines) is 1. The number of likely N-dealkylation sites (N-methyl/N-ethyl adjacent to an activating group) is 1. The van der Waals surface area contributed by atoms with Gasteiger partial charge in [-0.15, -0.1) is 0 Å². The molecule has 0 aliphatic carbocycles. The standard InChI is InChI=1S/C8H17NO4/c1-9-5(3-10)7(12)2-8(13)6(9)4-11/h5-8,10-13H,2-4H2,1H3/t5-,6+,7+,8-. The molecule has 0 amide bonds. The first-order valence-corrected chi connectivity index (χ1v) is 4.41. The van der Waals surface area contributed by atoms with Crippen LogP contribution in [0.2, 0.25) is 0 Å². The molecule has 0 aromatic heterocycles. The molecule has 0 spiro atoms. The van der Waals surface area contributed by atoms with Gasteiger partial charge in [0.2, 0.25) is 0 Å². The second-order valence-electron chi connectivity index (χ2n) is 3.54. The summed E-state index contributed by atoms with van der Waals surface area (Å²) in [5.74, 6) is 0. The van der Waals surface area contributed by atoms with Gasteiger partial charge in [-0.2, -0.15) is 0 Å². The molecule has 1 rings (SSSR count). The molecule has 0 aromatic rings. The van der Waals surface area contributed by atoms with E-state index in [2.05, 4.69) is 0 Å². The predicted molar refractivity (Wildman–Crippen MR) is 46.1 cm³/mol. The molecule has 5 nitrogen and oxygen atoms in total. The summed E-state index contributed by atoms with van der Waals surface area (Å²) < 4.78 is 0. The maximum atomic E-state index is 9.48. The van der Waals surface area contributed by atoms with Crippen molar-refractivity contribution >= 4 is 0 Å². The van der Waals surface area contributed by atoms with Crippen LogP contribution in [0, 0.1) is 0 Å². The maximum Gasteiger partial charge on any atom is 0.0743 e. The number of piperidine rings is 1. The summed E-state index contributed by atoms with van der Waals surface area (Å²) in [6, 6.07) is -0.777. The monoisotopic (exact) mass is 191 g/mol. The molecule has 0 radical (unpaired) electrons. The van der Waals surface area contributed by atoms with Crippen LogP contribution in [-0.2, 0) is 0 Å². The quantitative estimate of drug-likeness (QED) is 0.397. The molecule has 1 aliphatic heterocycles. The van der Waals surface area contributed by atoms with Crippen LogP contribution in [0.3, 0.4) is 0 Å². The van der Waals surface area contributed by atoms with Crippen LogP contribution in [0.25, 0.3) is 0 Å². The number of hydrogen-bond donors (Lipinski definition) is 4. The van der Waals surface area contributed by atoms with E-state index in [0.717, 1.165) is 0 Å². The lowest BCUT2D eigenvalue weighted by atomic mass is 9.92. The molecule has 78 valence electrons. The van der Waals surface area contributed by atoms with Crippen LogP contribution in [0.1, 0.15) is 6.42 Å². The average molecular weight is 191 g/mol. The summed E-state index contributed by atoms with van der Waals surface area (Å²) in [7, 11) is 1.67. The molecular weight excluding hydrogens is 174 g/mol. The minimum Gasteiger partial charge on any atom is -0.395 e. The van der Waals surface area contributed by atoms with Gasteiger partial charge < -0.3 is 20.4 Å². The lowest BCUT2D eigenvalue weighted by Crippen LogP contribution is -2.60. The first kappa shape index (κ1) is 10.9. The van der Waals surface area contributed by atoms with E-state index in [0.29, 0.717) is 0 Å². The van der Waals surface area contributed by atoms with E-state index in [1.165, 1.54) is 0 Å². The third-order valence-corrected chi connectivity index (χ3v) is 2.79. The minimum atomic E-state index is -0.729. The van der Waals surface area contributed by atoms with E-state index in [1.807, 2.05) is 0 Å². The molecule has 0 bridgehead atoms. The van der Waals surface area contributed by atoms with Gasteiger partial charge in [0.1, 0.15) is 0 Å². The number of nitrogens with zero attached hydrogens (tertiary/aromatic N) is 1. The highest BCUT2D eigenvalue weighted by Gasteiger charge is 2.38. The molecule has 0 saturated carbocycles. The van der Waals surface area contributed by atoms with Crippen molar-refractivity contribution in [2.24, 2.45) is 0 Å². The highest BCUT2D eigenvalue weighted by molar-refractivity contribution is 4.92. The van der Waals surface area contributed by atoms with Gasteiger partial charge in [-0.05, 0) is 7.05 Å². The van der Waals surface area contributed by atoms with E-state index >= 15 is 0 Å². The molecule has 13 heavy (non-hydrogen) atoms. The molecule has 4 atom stereocenters. The number of aliphatic hydroxyl groups excluding tert-OH is 4. The van der Waals surface area contributed by atoms with Crippen molar-refractivity contribution in [3.05, 3.63) is 0 Å². The maximum absolute atomic E-state index is 9.48. The van der Waals surface area contributed by atoms with Crippen LogP contribution in [-0.4, -0.2) is 69.9 Å². The molecule has 1 fully saturated rings. The summed E-state index contributed by atoms with van der Waals surface area (Å²) in [6.45, 7) is -0.332. The normalized spacial score (nSPS) is 42.2. The fourth-order valence-electron chi connectivity index (χ4n) is 1.85. The third-order valence-electron chi connectivity index (χ3n) is 2.79. The Labute approximate surface area is 77.2 Å². The summed E-state index contributed by atoms with van der Waals surface area (Å²) in [4.78, 5) is 1.62. The molecule has 1 heterocycles. The lowest BCUT2D eigenvalue weighted by Gasteiger charge is -2.43. The zero-order valence-corrected chi connectivity index (χ0v) is 7.67. The van der Waals surface area contributed by atoms with Crippen molar-refractivity contribution in [2.75, 3.05) is 20.3 Å². The van der Waals surface area contributed by atoms with Gasteiger partial charge in [-0.1, -0.05) is 0 Å². The Bertz CT molecular complexity index is 150. The fourth-order valence-corrected chi connectivity index (χ4v) is 1.85. The summed E-state index contributed by atoms with van der Waals surface area (Å²) >= 11 is 0. The zero-order chi connectivity index (χ0) is 10.0. The fraction of sp³-hybridized carbons (Fsp3) is 1.00. The van der Waals surface area contributed by atoms with Crippen molar-refractivity contribution in [3.63, 3.8) is 0 Å². The Kier molecular flexibility index (Phi) is 3.63. The molecule has 0 aromatic carbocycles. The topological polar surface area (TPSA) is 84.2 Å². The molecule has 1 saturated heterocycles. The Morgan fingerprint density at radius 2 is 1.46 bits per heavy atom. The molecule has 5 heteroatoms. The van der Waals surface area contributed by atoms with Crippen LogP contribution in [0.4, 0.5) is 0 Å². The Morgan fingerprint density at radius 1 is 1.08 bits per heavy atom. The minimum absolute atomic E-state index is 0.166. The van der Waals surface area contributed by atoms with E-state index < -0.39 is 12.2 Å². The van der Waals surface area contributed by atoms with Gasteiger partial charge >= 0.3 is 0 Å². The summed E-state index contributed by atoms with van der Waals surface area (Å²) in [5, 5.41) is 36.9. The second kappa shape index (κ2) is 4.34. The van der Waals surface area contributed by atoms with E-state index in [1.54, 1.807) is 11.9 Å². The van der Waals surface area contributed by atoms with E-state index in [4.69, 9.17) is 10.2 Å². The Balaban J connectivity index is 2.69. The van der Waals surface area contributed by atoms with Crippen LogP contribution in [0.5, 0.6) is 0 Å². The summed E-state index contributed by atoms with van der Waals surface area (Å²) in [6.07, 6.45) is -1.25. The van der Waals surface area contributed by atoms with Gasteiger partial charge in [0.05, 0.1) is 37.5 Å². The smallest absolute Gasteiger partial charge is 0.0743 e. The van der Waals surface area contributed by atoms with Gasteiger partial charge in [0, 0.05) is 6.42 Å². The van der Waals surface area contributed by atoms with Crippen LogP contribution >= 0.6 is 0 Å². The number of hydrogen-bond acceptors (Lipinski definition) is 5. The molecule has 4 N–H and O–H groups in total. The van der Waals surface area contributed by atoms with E-state index in [-0.39, 0.29) is 31.7 Å². The molecular formula is C8H17NO4. The number of rotatable bonds is 2. The highest BCUT2D eigenvalue weighted by atomic mass is 16.3. The molecule has 0 unspecified atom stereocenters. The van der Waals surface area contributed by atoms with Gasteiger partial charge in [0.25, 0.3) is 0 Å². The van der Waals surface area contributed by atoms with Crippen molar-refractivity contribution < 1.29 is 20.4 Å². The van der Waals surface area contributed by atoms with Crippen molar-refractivity contribution in [1.82, 2.24) is 4.90 Å². The van der Waals surface area contributed by atoms with Crippen molar-refractivity contribution in [1.29, 1.82) is 0 Å². The van der Waals surface area contributed by atoms with Crippen molar-refractivity contribution in [2.45, 2.75) is 30.7 Å². The van der Waals surface area contributed by atoms with Crippen molar-refractivity contribution in [3.8, 4) is 0 Å². The predicted octanol–water partition coefficient (Wildman–Crippen LogP) is -2.23. The Morgan fingerprint density at radius 3 is 1.77 bits per heavy atom. The zero-order valence-electron chi connectivity index (χ0n) is 7.67. The van der Waals surface area contributed by atoms with Crippen LogP contribution < -0.4 is 0 Å². The number of aliphatic hydroxyl groups is 4. The van der Waals surface area contributed by atoms with E-state index in [9.17, 15) is 10.2 Å². The molecule has 1 aliphatic rings.